The second-order valence-electron chi connectivity index (χ2n) is 7.85. The van der Waals surface area contributed by atoms with Gasteiger partial charge in [-0.15, -0.1) is 0 Å². The zero-order valence-corrected chi connectivity index (χ0v) is 17.7. The number of alkyl halides is 3. The largest absolute Gasteiger partial charge is 0.417 e. The van der Waals surface area contributed by atoms with E-state index in [1.165, 1.54) is 4.40 Å². The maximum absolute atomic E-state index is 13.5. The van der Waals surface area contributed by atoms with Gasteiger partial charge in [-0.1, -0.05) is 23.7 Å². The van der Waals surface area contributed by atoms with Crippen LogP contribution in [-0.2, 0) is 12.7 Å². The number of imidazole rings is 1. The summed E-state index contributed by atoms with van der Waals surface area (Å²) in [5, 5.41) is 3.36. The lowest BCUT2D eigenvalue weighted by Crippen LogP contribution is -2.28. The van der Waals surface area contributed by atoms with Crippen LogP contribution in [0.25, 0.3) is 16.9 Å². The van der Waals surface area contributed by atoms with Gasteiger partial charge in [-0.2, -0.15) is 13.2 Å². The second kappa shape index (κ2) is 8.21. The Labute approximate surface area is 178 Å². The van der Waals surface area contributed by atoms with Crippen molar-refractivity contribution < 1.29 is 13.2 Å². The molecule has 4 nitrogen and oxygen atoms in total. The number of benzene rings is 1. The number of rotatable bonds is 3. The molecule has 1 aliphatic rings. The Morgan fingerprint density at radius 1 is 1.10 bits per heavy atom. The third-order valence-electron chi connectivity index (χ3n) is 5.69. The SMILES string of the molecule is Cc1ccc(-c2nc3c(Cl)cc(C(F)(F)F)cn3c2CN2CCCNCC2)cc1C. The Balaban J connectivity index is 1.90. The number of halogens is 4. The Morgan fingerprint density at radius 2 is 1.90 bits per heavy atom. The van der Waals surface area contributed by atoms with Gasteiger partial charge in [0.05, 0.1) is 22.0 Å². The number of nitrogens with zero attached hydrogens (tertiary/aromatic N) is 3. The molecule has 1 aliphatic heterocycles. The molecule has 1 aromatic carbocycles. The highest BCUT2D eigenvalue weighted by molar-refractivity contribution is 6.33. The Morgan fingerprint density at radius 3 is 2.63 bits per heavy atom. The summed E-state index contributed by atoms with van der Waals surface area (Å²) in [6.07, 6.45) is -2.37. The van der Waals surface area contributed by atoms with Crippen molar-refractivity contribution in [3.05, 3.63) is 57.9 Å². The van der Waals surface area contributed by atoms with Crippen LogP contribution in [0.5, 0.6) is 0 Å². The number of hydrogen-bond donors (Lipinski definition) is 1. The number of aryl methyl sites for hydroxylation is 2. The molecule has 1 fully saturated rings. The number of fused-ring (bicyclic) bond motifs is 1. The van der Waals surface area contributed by atoms with Crippen LogP contribution in [-0.4, -0.2) is 40.5 Å². The first-order chi connectivity index (χ1) is 14.2. The average Bonchev–Trinajstić information content (AvgIpc) is 2.85. The van der Waals surface area contributed by atoms with Crippen LogP contribution < -0.4 is 5.32 Å². The van der Waals surface area contributed by atoms with Gasteiger partial charge in [0.1, 0.15) is 0 Å². The first kappa shape index (κ1) is 21.2. The summed E-state index contributed by atoms with van der Waals surface area (Å²) in [6.45, 7) is 8.04. The van der Waals surface area contributed by atoms with Gasteiger partial charge in [0.2, 0.25) is 0 Å². The summed E-state index contributed by atoms with van der Waals surface area (Å²) in [7, 11) is 0. The molecule has 2 aromatic heterocycles. The molecule has 3 heterocycles. The lowest BCUT2D eigenvalue weighted by molar-refractivity contribution is -0.137. The molecular formula is C22H24ClF3N4. The van der Waals surface area contributed by atoms with E-state index >= 15 is 0 Å². The van der Waals surface area contributed by atoms with E-state index in [0.29, 0.717) is 17.9 Å². The first-order valence-corrected chi connectivity index (χ1v) is 10.4. The molecule has 0 unspecified atom stereocenters. The van der Waals surface area contributed by atoms with E-state index in [4.69, 9.17) is 11.6 Å². The molecular weight excluding hydrogens is 413 g/mol. The number of nitrogens with one attached hydrogen (secondary N) is 1. The van der Waals surface area contributed by atoms with E-state index < -0.39 is 11.7 Å². The number of pyridine rings is 1. The van der Waals surface area contributed by atoms with Gasteiger partial charge in [-0.25, -0.2) is 4.98 Å². The predicted molar refractivity (Wildman–Crippen MR) is 113 cm³/mol. The quantitative estimate of drug-likeness (QED) is 0.621. The fraction of sp³-hybridized carbons (Fsp3) is 0.409. The average molecular weight is 437 g/mol. The molecule has 0 spiro atoms. The van der Waals surface area contributed by atoms with E-state index in [9.17, 15) is 13.2 Å². The van der Waals surface area contributed by atoms with E-state index in [0.717, 1.165) is 67.2 Å². The first-order valence-electron chi connectivity index (χ1n) is 10.0. The summed E-state index contributed by atoms with van der Waals surface area (Å²) in [5.74, 6) is 0. The standard InChI is InChI=1S/C22H24ClF3N4/c1-14-4-5-16(10-15(14)2)20-19(13-29-8-3-6-27-7-9-29)30-12-17(22(24,25)26)11-18(23)21(30)28-20/h4-5,10-12,27H,3,6-9,13H2,1-2H3. The van der Waals surface area contributed by atoms with E-state index in [1.54, 1.807) is 0 Å². The van der Waals surface area contributed by atoms with Crippen LogP contribution in [0.2, 0.25) is 5.02 Å². The zero-order valence-electron chi connectivity index (χ0n) is 17.0. The highest BCUT2D eigenvalue weighted by Gasteiger charge is 2.32. The van der Waals surface area contributed by atoms with Crippen molar-refractivity contribution >= 4 is 17.2 Å². The third-order valence-corrected chi connectivity index (χ3v) is 5.97. The molecule has 4 rings (SSSR count). The fourth-order valence-electron chi connectivity index (χ4n) is 3.85. The van der Waals surface area contributed by atoms with Crippen LogP contribution in [0.1, 0.15) is 28.8 Å². The van der Waals surface area contributed by atoms with E-state index in [2.05, 4.69) is 15.2 Å². The van der Waals surface area contributed by atoms with Crippen molar-refractivity contribution in [3.8, 4) is 11.3 Å². The summed E-state index contributed by atoms with van der Waals surface area (Å²) in [6, 6.07) is 6.96. The molecule has 160 valence electrons. The second-order valence-corrected chi connectivity index (χ2v) is 8.26. The molecule has 1 N–H and O–H groups in total. The van der Waals surface area contributed by atoms with Crippen molar-refractivity contribution in [1.82, 2.24) is 19.6 Å². The van der Waals surface area contributed by atoms with Crippen LogP contribution >= 0.6 is 11.6 Å². The van der Waals surface area contributed by atoms with Gasteiger partial charge in [0, 0.05) is 31.4 Å². The maximum Gasteiger partial charge on any atom is 0.417 e. The van der Waals surface area contributed by atoms with E-state index in [-0.39, 0.29) is 5.02 Å². The monoisotopic (exact) mass is 436 g/mol. The van der Waals surface area contributed by atoms with Crippen molar-refractivity contribution in [3.63, 3.8) is 0 Å². The minimum atomic E-state index is -4.48. The maximum atomic E-state index is 13.5. The minimum Gasteiger partial charge on any atom is -0.315 e. The van der Waals surface area contributed by atoms with Crippen LogP contribution in [0, 0.1) is 13.8 Å². The molecule has 3 aromatic rings. The van der Waals surface area contributed by atoms with Crippen molar-refractivity contribution in [2.75, 3.05) is 26.2 Å². The number of aromatic nitrogens is 2. The molecule has 0 saturated carbocycles. The molecule has 8 heteroatoms. The lowest BCUT2D eigenvalue weighted by Gasteiger charge is -2.20. The lowest BCUT2D eigenvalue weighted by atomic mass is 10.0. The van der Waals surface area contributed by atoms with Crippen molar-refractivity contribution in [2.24, 2.45) is 0 Å². The van der Waals surface area contributed by atoms with Crippen LogP contribution in [0.3, 0.4) is 0 Å². The van der Waals surface area contributed by atoms with Gasteiger partial charge in [-0.3, -0.25) is 4.90 Å². The molecule has 1 saturated heterocycles. The molecule has 0 aliphatic carbocycles. The smallest absolute Gasteiger partial charge is 0.315 e. The van der Waals surface area contributed by atoms with Gasteiger partial charge in [-0.05, 0) is 56.6 Å². The van der Waals surface area contributed by atoms with Gasteiger partial charge in [0.25, 0.3) is 0 Å². The Hall–Kier alpha value is -2.09. The Bertz CT molecular complexity index is 1070. The predicted octanol–water partition coefficient (Wildman–Crippen LogP) is 5.09. The van der Waals surface area contributed by atoms with Gasteiger partial charge >= 0.3 is 6.18 Å². The molecule has 0 radical (unpaired) electrons. The normalized spacial score (nSPS) is 16.2. The van der Waals surface area contributed by atoms with Crippen molar-refractivity contribution in [2.45, 2.75) is 33.0 Å². The summed E-state index contributed by atoms with van der Waals surface area (Å²) >= 11 is 6.26. The Kier molecular flexibility index (Phi) is 5.79. The van der Waals surface area contributed by atoms with Crippen LogP contribution in [0.15, 0.2) is 30.5 Å². The van der Waals surface area contributed by atoms with Gasteiger partial charge in [0.15, 0.2) is 5.65 Å². The highest BCUT2D eigenvalue weighted by atomic mass is 35.5. The van der Waals surface area contributed by atoms with Gasteiger partial charge < -0.3 is 9.72 Å². The minimum absolute atomic E-state index is 0.00121. The molecule has 30 heavy (non-hydrogen) atoms. The molecule has 0 bridgehead atoms. The summed E-state index contributed by atoms with van der Waals surface area (Å²) < 4.78 is 41.9. The highest BCUT2D eigenvalue weighted by Crippen LogP contribution is 2.35. The molecule has 0 amide bonds. The van der Waals surface area contributed by atoms with Crippen molar-refractivity contribution in [1.29, 1.82) is 0 Å². The zero-order chi connectivity index (χ0) is 21.5. The topological polar surface area (TPSA) is 32.6 Å². The summed E-state index contributed by atoms with van der Waals surface area (Å²) in [4.78, 5) is 6.94. The fourth-order valence-corrected chi connectivity index (χ4v) is 4.10. The van der Waals surface area contributed by atoms with E-state index in [1.807, 2.05) is 32.0 Å². The summed E-state index contributed by atoms with van der Waals surface area (Å²) in [5.41, 5.74) is 4.12. The van der Waals surface area contributed by atoms with Crippen LogP contribution in [0.4, 0.5) is 13.2 Å². The number of hydrogen-bond acceptors (Lipinski definition) is 3. The third kappa shape index (κ3) is 4.19. The molecule has 0 atom stereocenters.